The molecule has 0 amide bonds. The fraction of sp³-hybridized carbons (Fsp3) is 0.618. The van der Waals surface area contributed by atoms with Gasteiger partial charge in [0.1, 0.15) is 0 Å². The van der Waals surface area contributed by atoms with Crippen LogP contribution in [0.1, 0.15) is 76.2 Å². The maximum absolute atomic E-state index is 7.60. The molecule has 1 aromatic heterocycles. The molecule has 5 heterocycles. The van der Waals surface area contributed by atoms with E-state index in [0.29, 0.717) is 23.3 Å². The number of ether oxygens (including phenoxy) is 2. The van der Waals surface area contributed by atoms with E-state index in [1.54, 1.807) is 5.57 Å². The van der Waals surface area contributed by atoms with Crippen LogP contribution in [0.2, 0.25) is 0 Å². The number of fused-ring (bicyclic) bond motifs is 2. The summed E-state index contributed by atoms with van der Waals surface area (Å²) in [4.78, 5) is 7.22. The van der Waals surface area contributed by atoms with Crippen molar-refractivity contribution in [3.63, 3.8) is 0 Å². The van der Waals surface area contributed by atoms with Gasteiger partial charge >= 0.3 is 0 Å². The topological polar surface area (TPSA) is 34.6 Å². The van der Waals surface area contributed by atoms with E-state index in [2.05, 4.69) is 53.2 Å². The van der Waals surface area contributed by atoms with Crippen molar-refractivity contribution in [3.05, 3.63) is 65.5 Å². The van der Waals surface area contributed by atoms with Crippen LogP contribution in [0.4, 0.5) is 0 Å². The third-order valence-corrected chi connectivity index (χ3v) is 12.5. The molecule has 38 heavy (non-hydrogen) atoms. The number of nitrogens with zero attached hydrogens (tertiary/aromatic N) is 2. The van der Waals surface area contributed by atoms with Crippen molar-refractivity contribution in [2.75, 3.05) is 26.3 Å². The quantitative estimate of drug-likeness (QED) is 0.460. The van der Waals surface area contributed by atoms with Gasteiger partial charge in [-0.05, 0) is 116 Å². The number of aromatic nitrogens is 1. The molecule has 0 N–H and O–H groups in total. The van der Waals surface area contributed by atoms with Crippen LogP contribution in [-0.4, -0.2) is 53.4 Å². The molecule has 0 unspecified atom stereocenters. The largest absolute Gasteiger partial charge is 0.380 e. The molecule has 5 fully saturated rings. The summed E-state index contributed by atoms with van der Waals surface area (Å²) < 4.78 is 13.2. The second kappa shape index (κ2) is 7.59. The third-order valence-electron chi connectivity index (χ3n) is 12.5. The summed E-state index contributed by atoms with van der Waals surface area (Å²) in [5.74, 6) is 1.18. The lowest BCUT2D eigenvalue weighted by Crippen LogP contribution is -2.55. The molecule has 3 spiro atoms. The second-order valence-corrected chi connectivity index (χ2v) is 14.3. The summed E-state index contributed by atoms with van der Waals surface area (Å²) in [7, 11) is 0. The van der Waals surface area contributed by atoms with Gasteiger partial charge in [0.25, 0.3) is 0 Å². The predicted octanol–water partition coefficient (Wildman–Crippen LogP) is 6.57. The lowest BCUT2D eigenvalue weighted by Gasteiger charge is -2.55. The van der Waals surface area contributed by atoms with E-state index in [1.807, 2.05) is 12.4 Å². The monoisotopic (exact) mass is 508 g/mol. The molecule has 3 saturated heterocycles. The van der Waals surface area contributed by atoms with Crippen molar-refractivity contribution in [1.82, 2.24) is 9.88 Å². The molecule has 4 heteroatoms. The van der Waals surface area contributed by atoms with Gasteiger partial charge in [-0.1, -0.05) is 31.2 Å². The summed E-state index contributed by atoms with van der Waals surface area (Å²) >= 11 is 0. The molecule has 2 saturated carbocycles. The fourth-order valence-corrected chi connectivity index (χ4v) is 10.5. The highest BCUT2D eigenvalue weighted by molar-refractivity contribution is 5.82. The third kappa shape index (κ3) is 2.90. The van der Waals surface area contributed by atoms with Crippen LogP contribution < -0.4 is 0 Å². The van der Waals surface area contributed by atoms with Crippen molar-refractivity contribution in [2.24, 2.45) is 16.7 Å². The van der Waals surface area contributed by atoms with E-state index < -0.39 is 0 Å². The number of hydrogen-bond donors (Lipinski definition) is 0. The van der Waals surface area contributed by atoms with E-state index >= 15 is 0 Å². The van der Waals surface area contributed by atoms with Crippen LogP contribution in [0, 0.1) is 16.7 Å². The van der Waals surface area contributed by atoms with Gasteiger partial charge in [-0.2, -0.15) is 0 Å². The molecule has 2 bridgehead atoms. The standard InChI is InChI=1S/C34H40N2O2/c1-31-10-8-27-17-26-4-5-28(36-15-13-32(20-36)21-37-22-32)18-33(26)11-12-34(27,38-33)30(31)7-6-29(31)24-3-2-23-9-14-35-19-25(23)16-24/h2-3,8-9,14,16-17,19,28-30H,4-7,10-13,15,18,20-22H2,1H3/t28-,29-,30-,31-,33-,34-/m1/s1. The minimum atomic E-state index is -0.0699. The average molecular weight is 509 g/mol. The van der Waals surface area contributed by atoms with Gasteiger partial charge in [-0.25, -0.2) is 0 Å². The van der Waals surface area contributed by atoms with Crippen LogP contribution in [0.15, 0.2) is 60.0 Å². The average Bonchev–Trinajstić information content (AvgIpc) is 3.61. The van der Waals surface area contributed by atoms with E-state index in [1.165, 1.54) is 92.8 Å². The number of likely N-dealkylation sites (tertiary alicyclic amines) is 1. The Morgan fingerprint density at radius 3 is 2.84 bits per heavy atom. The van der Waals surface area contributed by atoms with Gasteiger partial charge in [0, 0.05) is 35.8 Å². The Kier molecular flexibility index (Phi) is 4.55. The SMILES string of the molecule is C[C@]12CC=C3C=C4CC[C@@H](N5CCC6(COC6)C5)C[C@]45CC[C@]3(O5)[C@@H]1CC[C@@H]2c1ccc2ccncc2c1. The summed E-state index contributed by atoms with van der Waals surface area (Å²) in [6, 6.07) is 9.93. The van der Waals surface area contributed by atoms with Crippen molar-refractivity contribution < 1.29 is 9.47 Å². The zero-order valence-corrected chi connectivity index (χ0v) is 22.8. The van der Waals surface area contributed by atoms with Crippen molar-refractivity contribution in [1.29, 1.82) is 0 Å². The number of rotatable bonds is 2. The maximum Gasteiger partial charge on any atom is 0.0974 e. The summed E-state index contributed by atoms with van der Waals surface area (Å²) in [5, 5.41) is 2.56. The lowest BCUT2D eigenvalue weighted by molar-refractivity contribution is -0.142. The molecule has 9 rings (SSSR count). The molecule has 3 aliphatic carbocycles. The van der Waals surface area contributed by atoms with Gasteiger partial charge in [-0.15, -0.1) is 0 Å². The molecule has 7 aliphatic rings. The van der Waals surface area contributed by atoms with E-state index in [0.717, 1.165) is 13.2 Å². The molecule has 6 atom stereocenters. The Bertz CT molecular complexity index is 1390. The smallest absolute Gasteiger partial charge is 0.0974 e. The zero-order valence-electron chi connectivity index (χ0n) is 22.8. The highest BCUT2D eigenvalue weighted by Crippen LogP contribution is 2.69. The number of pyridine rings is 1. The zero-order chi connectivity index (χ0) is 25.2. The molecular weight excluding hydrogens is 468 g/mol. The van der Waals surface area contributed by atoms with Crippen LogP contribution >= 0.6 is 0 Å². The van der Waals surface area contributed by atoms with E-state index in [4.69, 9.17) is 9.47 Å². The highest BCUT2D eigenvalue weighted by Gasteiger charge is 2.67. The minimum Gasteiger partial charge on any atom is -0.380 e. The first-order valence-electron chi connectivity index (χ1n) is 15.3. The first kappa shape index (κ1) is 22.8. The molecule has 198 valence electrons. The molecule has 0 radical (unpaired) electrons. The molecule has 2 aromatic rings. The molecule has 4 nitrogen and oxygen atoms in total. The van der Waals surface area contributed by atoms with Crippen LogP contribution in [0.5, 0.6) is 0 Å². The Labute approximate surface area is 226 Å². The fourth-order valence-electron chi connectivity index (χ4n) is 10.5. The Morgan fingerprint density at radius 2 is 1.97 bits per heavy atom. The number of allylic oxidation sites excluding steroid dienone is 1. The Morgan fingerprint density at radius 1 is 1.03 bits per heavy atom. The predicted molar refractivity (Wildman–Crippen MR) is 149 cm³/mol. The summed E-state index contributed by atoms with van der Waals surface area (Å²) in [5.41, 5.74) is 5.29. The number of hydrogen-bond acceptors (Lipinski definition) is 4. The molecule has 1 aromatic carbocycles. The first-order chi connectivity index (χ1) is 18.5. The molecule has 4 aliphatic heterocycles. The summed E-state index contributed by atoms with van der Waals surface area (Å²) in [6.45, 7) is 7.05. The van der Waals surface area contributed by atoms with Gasteiger partial charge in [0.05, 0.1) is 24.4 Å². The van der Waals surface area contributed by atoms with Crippen molar-refractivity contribution in [2.45, 2.75) is 87.9 Å². The van der Waals surface area contributed by atoms with Gasteiger partial charge in [0.15, 0.2) is 0 Å². The highest BCUT2D eigenvalue weighted by atomic mass is 16.5. The van der Waals surface area contributed by atoms with Gasteiger partial charge < -0.3 is 9.47 Å². The van der Waals surface area contributed by atoms with Crippen molar-refractivity contribution in [3.8, 4) is 0 Å². The Hall–Kier alpha value is -2.01. The molecular formula is C34H40N2O2. The van der Waals surface area contributed by atoms with Crippen LogP contribution in [0.25, 0.3) is 10.8 Å². The minimum absolute atomic E-state index is 0.0168. The Balaban J connectivity index is 1.03. The van der Waals surface area contributed by atoms with Crippen LogP contribution in [-0.2, 0) is 9.47 Å². The van der Waals surface area contributed by atoms with E-state index in [-0.39, 0.29) is 16.6 Å². The normalized spacial score (nSPS) is 42.8. The second-order valence-electron chi connectivity index (χ2n) is 14.3. The van der Waals surface area contributed by atoms with E-state index in [9.17, 15) is 0 Å². The van der Waals surface area contributed by atoms with Crippen LogP contribution in [0.3, 0.4) is 0 Å². The van der Waals surface area contributed by atoms with Crippen molar-refractivity contribution >= 4 is 10.8 Å². The first-order valence-corrected chi connectivity index (χ1v) is 15.3. The lowest BCUT2D eigenvalue weighted by atomic mass is 9.58. The summed E-state index contributed by atoms with van der Waals surface area (Å²) in [6.07, 6.45) is 20.4. The van der Waals surface area contributed by atoms with Gasteiger partial charge in [0.2, 0.25) is 0 Å². The van der Waals surface area contributed by atoms with Gasteiger partial charge in [-0.3, -0.25) is 9.88 Å². The maximum atomic E-state index is 7.60. The number of benzene rings is 1.